The van der Waals surface area contributed by atoms with E-state index < -0.39 is 17.6 Å². The molecular weight excluding hydrogens is 328 g/mol. The van der Waals surface area contributed by atoms with Gasteiger partial charge in [0.1, 0.15) is 0 Å². The molecule has 1 N–H and O–H groups in total. The second-order valence-corrected chi connectivity index (χ2v) is 4.29. The minimum atomic E-state index is -4.50. The highest BCUT2D eigenvalue weighted by molar-refractivity contribution is 6.34. The average Bonchev–Trinajstić information content (AvgIpc) is 2.41. The van der Waals surface area contributed by atoms with E-state index in [0.29, 0.717) is 0 Å². The Labute approximate surface area is 129 Å². The first-order valence-corrected chi connectivity index (χ1v) is 5.84. The third-order valence-corrected chi connectivity index (χ3v) is 2.81. The summed E-state index contributed by atoms with van der Waals surface area (Å²) in [6, 6.07) is 5.62. The van der Waals surface area contributed by atoms with E-state index in [0.717, 1.165) is 18.2 Å². The van der Waals surface area contributed by atoms with E-state index in [2.05, 4.69) is 10.3 Å². The first-order valence-electron chi connectivity index (χ1n) is 5.46. The number of hydrogen-bond donors (Lipinski definition) is 1. The lowest BCUT2D eigenvalue weighted by Crippen LogP contribution is -2.13. The van der Waals surface area contributed by atoms with Crippen molar-refractivity contribution in [2.45, 2.75) is 6.18 Å². The molecule has 0 aliphatic heterocycles. The number of alkyl halides is 3. The predicted molar refractivity (Wildman–Crippen MR) is 75.9 cm³/mol. The summed E-state index contributed by atoms with van der Waals surface area (Å²) >= 11 is 5.78. The highest BCUT2D eigenvalue weighted by Crippen LogP contribution is 2.33. The summed E-state index contributed by atoms with van der Waals surface area (Å²) in [4.78, 5) is 15.6. The first-order chi connectivity index (χ1) is 9.38. The number of carbonyl (C=O) groups excluding carboxylic acids is 1. The van der Waals surface area contributed by atoms with Gasteiger partial charge in [0.25, 0.3) is 5.91 Å². The van der Waals surface area contributed by atoms with Crippen LogP contribution in [-0.2, 0) is 6.18 Å². The Kier molecular flexibility index (Phi) is 5.57. The molecule has 1 amide bonds. The number of rotatable bonds is 2. The molecule has 0 fully saturated rings. The number of benzene rings is 1. The van der Waals surface area contributed by atoms with Gasteiger partial charge >= 0.3 is 6.18 Å². The zero-order valence-electron chi connectivity index (χ0n) is 10.3. The lowest BCUT2D eigenvalue weighted by molar-refractivity contribution is -0.137. The van der Waals surface area contributed by atoms with Crippen LogP contribution < -0.4 is 5.32 Å². The van der Waals surface area contributed by atoms with Crippen LogP contribution in [-0.4, -0.2) is 10.9 Å². The molecule has 0 unspecified atom stereocenters. The van der Waals surface area contributed by atoms with Crippen LogP contribution in [0.15, 0.2) is 42.7 Å². The van der Waals surface area contributed by atoms with E-state index in [1.807, 2.05) is 0 Å². The van der Waals surface area contributed by atoms with E-state index in [1.54, 1.807) is 0 Å². The van der Waals surface area contributed by atoms with Crippen LogP contribution >= 0.6 is 24.0 Å². The van der Waals surface area contributed by atoms with Gasteiger partial charge in [0.15, 0.2) is 0 Å². The third kappa shape index (κ3) is 4.34. The SMILES string of the molecule is Cl.O=C(Nc1cc(C(F)(F)F)ccc1Cl)c1ccncc1. The Morgan fingerprint density at radius 3 is 2.33 bits per heavy atom. The molecule has 3 nitrogen and oxygen atoms in total. The summed E-state index contributed by atoms with van der Waals surface area (Å²) in [5.74, 6) is -0.561. The molecule has 2 aromatic rings. The summed E-state index contributed by atoms with van der Waals surface area (Å²) in [5, 5.41) is 2.37. The topological polar surface area (TPSA) is 42.0 Å². The molecule has 1 aromatic heterocycles. The molecule has 0 saturated carbocycles. The largest absolute Gasteiger partial charge is 0.416 e. The number of carbonyl (C=O) groups is 1. The summed E-state index contributed by atoms with van der Waals surface area (Å²) in [6.45, 7) is 0. The van der Waals surface area contributed by atoms with Gasteiger partial charge in [-0.25, -0.2) is 0 Å². The molecule has 0 aliphatic carbocycles. The maximum Gasteiger partial charge on any atom is 0.416 e. The van der Waals surface area contributed by atoms with Crippen molar-refractivity contribution < 1.29 is 18.0 Å². The van der Waals surface area contributed by atoms with Crippen molar-refractivity contribution in [3.63, 3.8) is 0 Å². The van der Waals surface area contributed by atoms with Crippen molar-refractivity contribution in [3.8, 4) is 0 Å². The van der Waals surface area contributed by atoms with Gasteiger partial charge in [-0.3, -0.25) is 9.78 Å². The fourth-order valence-electron chi connectivity index (χ4n) is 1.50. The van der Waals surface area contributed by atoms with E-state index in [-0.39, 0.29) is 28.7 Å². The Bertz CT molecular complexity index is 633. The van der Waals surface area contributed by atoms with Gasteiger partial charge < -0.3 is 5.32 Å². The fraction of sp³-hybridized carbons (Fsp3) is 0.0769. The van der Waals surface area contributed by atoms with Gasteiger partial charge in [0.2, 0.25) is 0 Å². The van der Waals surface area contributed by atoms with Gasteiger partial charge in [-0.15, -0.1) is 12.4 Å². The summed E-state index contributed by atoms with van der Waals surface area (Å²) in [7, 11) is 0. The smallest absolute Gasteiger partial charge is 0.321 e. The second kappa shape index (κ2) is 6.78. The molecule has 0 atom stereocenters. The molecule has 0 spiro atoms. The van der Waals surface area contributed by atoms with Crippen molar-refractivity contribution in [1.29, 1.82) is 0 Å². The monoisotopic (exact) mass is 336 g/mol. The van der Waals surface area contributed by atoms with E-state index >= 15 is 0 Å². The molecule has 112 valence electrons. The lowest BCUT2D eigenvalue weighted by atomic mass is 10.2. The maximum atomic E-state index is 12.6. The standard InChI is InChI=1S/C13H8ClF3N2O.ClH/c14-10-2-1-9(13(15,16)17)7-11(10)19-12(20)8-3-5-18-6-4-8;/h1-7H,(H,19,20);1H. The molecular formula is C13H9Cl2F3N2O. The van der Waals surface area contributed by atoms with Crippen LogP contribution in [0.4, 0.5) is 18.9 Å². The normalized spacial score (nSPS) is 10.7. The van der Waals surface area contributed by atoms with E-state index in [1.165, 1.54) is 24.5 Å². The number of nitrogens with one attached hydrogen (secondary N) is 1. The third-order valence-electron chi connectivity index (χ3n) is 2.48. The minimum Gasteiger partial charge on any atom is -0.321 e. The summed E-state index contributed by atoms with van der Waals surface area (Å²) in [5.41, 5.74) is -0.705. The van der Waals surface area contributed by atoms with Crippen LogP contribution in [0.1, 0.15) is 15.9 Å². The highest BCUT2D eigenvalue weighted by Gasteiger charge is 2.31. The second-order valence-electron chi connectivity index (χ2n) is 3.88. The number of nitrogens with zero attached hydrogens (tertiary/aromatic N) is 1. The van der Waals surface area contributed by atoms with E-state index in [4.69, 9.17) is 11.6 Å². The molecule has 1 aromatic carbocycles. The molecule has 8 heteroatoms. The van der Waals surface area contributed by atoms with Crippen LogP contribution in [0.2, 0.25) is 5.02 Å². The highest BCUT2D eigenvalue weighted by atomic mass is 35.5. The Hall–Kier alpha value is -1.79. The van der Waals surface area contributed by atoms with Gasteiger partial charge in [-0.05, 0) is 30.3 Å². The number of aromatic nitrogens is 1. The van der Waals surface area contributed by atoms with E-state index in [9.17, 15) is 18.0 Å². The summed E-state index contributed by atoms with van der Waals surface area (Å²) < 4.78 is 37.8. The lowest BCUT2D eigenvalue weighted by Gasteiger charge is -2.11. The number of halogens is 5. The van der Waals surface area contributed by atoms with Crippen LogP contribution in [0, 0.1) is 0 Å². The van der Waals surface area contributed by atoms with Crippen molar-refractivity contribution in [2.24, 2.45) is 0 Å². The van der Waals surface area contributed by atoms with Crippen LogP contribution in [0.25, 0.3) is 0 Å². The minimum absolute atomic E-state index is 0. The number of hydrogen-bond acceptors (Lipinski definition) is 2. The quantitative estimate of drug-likeness (QED) is 0.881. The van der Waals surface area contributed by atoms with Crippen molar-refractivity contribution in [2.75, 3.05) is 5.32 Å². The number of anilines is 1. The molecule has 2 rings (SSSR count). The number of pyridine rings is 1. The van der Waals surface area contributed by atoms with Crippen molar-refractivity contribution >= 4 is 35.6 Å². The maximum absolute atomic E-state index is 12.6. The zero-order chi connectivity index (χ0) is 14.8. The molecule has 0 aliphatic rings. The fourth-order valence-corrected chi connectivity index (χ4v) is 1.66. The van der Waals surface area contributed by atoms with Crippen LogP contribution in [0.3, 0.4) is 0 Å². The van der Waals surface area contributed by atoms with Gasteiger partial charge in [0.05, 0.1) is 16.3 Å². The molecule has 0 saturated heterocycles. The van der Waals surface area contributed by atoms with Crippen molar-refractivity contribution in [1.82, 2.24) is 4.98 Å². The molecule has 0 bridgehead atoms. The first kappa shape index (κ1) is 17.3. The van der Waals surface area contributed by atoms with Crippen LogP contribution in [0.5, 0.6) is 0 Å². The number of amides is 1. The predicted octanol–water partition coefficient (Wildman–Crippen LogP) is 4.43. The zero-order valence-corrected chi connectivity index (χ0v) is 11.9. The van der Waals surface area contributed by atoms with Gasteiger partial charge in [0, 0.05) is 18.0 Å². The van der Waals surface area contributed by atoms with Crippen molar-refractivity contribution in [3.05, 3.63) is 58.9 Å². The van der Waals surface area contributed by atoms with Gasteiger partial charge in [-0.1, -0.05) is 11.6 Å². The Morgan fingerprint density at radius 2 is 1.76 bits per heavy atom. The molecule has 0 radical (unpaired) electrons. The molecule has 1 heterocycles. The Balaban J connectivity index is 0.00000220. The van der Waals surface area contributed by atoms with Gasteiger partial charge in [-0.2, -0.15) is 13.2 Å². The average molecular weight is 337 g/mol. The Morgan fingerprint density at radius 1 is 1.14 bits per heavy atom. The molecule has 21 heavy (non-hydrogen) atoms. The summed E-state index contributed by atoms with van der Waals surface area (Å²) in [6.07, 6.45) is -1.69.